The maximum absolute atomic E-state index is 12.7. The van der Waals surface area contributed by atoms with Crippen molar-refractivity contribution in [2.75, 3.05) is 40.5 Å². The van der Waals surface area contributed by atoms with Crippen molar-refractivity contribution in [3.05, 3.63) is 151 Å². The van der Waals surface area contributed by atoms with Gasteiger partial charge in [0.05, 0.1) is 20.8 Å². The first kappa shape index (κ1) is 46.6. The number of ether oxygens (including phenoxy) is 5. The number of hydrogen-bond acceptors (Lipinski definition) is 13. The van der Waals surface area contributed by atoms with Crippen LogP contribution in [-0.2, 0) is 33.5 Å². The van der Waals surface area contributed by atoms with Gasteiger partial charge in [-0.1, -0.05) is 97.3 Å². The molecule has 4 atom stereocenters. The third-order valence-corrected chi connectivity index (χ3v) is 10.7. The van der Waals surface area contributed by atoms with E-state index in [9.17, 15) is 14.4 Å². The minimum atomic E-state index is -0.804. The third kappa shape index (κ3) is 11.3. The normalized spacial score (nSPS) is 19.6. The molecule has 2 heterocycles. The van der Waals surface area contributed by atoms with Crippen LogP contribution in [0.15, 0.2) is 139 Å². The Labute approximate surface area is 390 Å². The van der Waals surface area contributed by atoms with Crippen molar-refractivity contribution in [2.45, 2.75) is 63.5 Å². The standard InChI is InChI=1S/C27H30N2O6.C22H22N2O4.C3H4.2H2/c1-6-13-33-17-11-12-20-19-9-7-8-10-21(19)24(22(20)14-17)28-35-18-15-23(25(30)32-5)29(16-18)26(31)34-27(2,3)4;1-3-10-27-14-8-9-17-16-6-4-5-7-18(16)21(19(17)11-14)24-28-15-12-20(23-13-15)22(25)26-2;1-3-2;;/h6-12,14,18,23H,1,13,15-16H2,2-5H3;3-9,11,15,20,23H,1,10,12-13H2,2H3;1-2H2;2*1H/t18-,23+;15-,20+;;;/m11.../s1/i;;;1+1D;1+1. The summed E-state index contributed by atoms with van der Waals surface area (Å²) < 4.78 is 36.6. The van der Waals surface area contributed by atoms with Crippen LogP contribution >= 0.6 is 0 Å². The molecule has 0 aromatic heterocycles. The van der Waals surface area contributed by atoms with Crippen molar-refractivity contribution in [2.24, 2.45) is 10.3 Å². The Bertz CT molecular complexity index is 2550. The van der Waals surface area contributed by atoms with Gasteiger partial charge in [-0.3, -0.25) is 9.69 Å². The second-order valence-corrected chi connectivity index (χ2v) is 16.4. The summed E-state index contributed by atoms with van der Waals surface area (Å²) in [6.07, 6.45) is 2.90. The number of rotatable bonds is 12. The Morgan fingerprint density at radius 3 is 1.67 bits per heavy atom. The molecular weight excluding hydrogens is 841 g/mol. The minimum Gasteiger partial charge on any atom is -0.490 e. The number of amides is 1. The summed E-state index contributed by atoms with van der Waals surface area (Å²) in [6, 6.07) is 26.7. The number of carbonyl (C=O) groups is 3. The fourth-order valence-electron chi connectivity index (χ4n) is 7.85. The van der Waals surface area contributed by atoms with E-state index in [1.54, 1.807) is 32.9 Å². The van der Waals surface area contributed by atoms with Crippen LogP contribution in [0.5, 0.6) is 11.5 Å². The Kier molecular flexibility index (Phi) is 15.5. The maximum atomic E-state index is 12.7. The number of nitrogens with zero attached hydrogens (tertiary/aromatic N) is 3. The molecule has 14 nitrogen and oxygen atoms in total. The van der Waals surface area contributed by atoms with Gasteiger partial charge in [-0.25, -0.2) is 9.59 Å². The predicted molar refractivity (Wildman–Crippen MR) is 257 cm³/mol. The van der Waals surface area contributed by atoms with E-state index in [-0.39, 0.29) is 32.5 Å². The summed E-state index contributed by atoms with van der Waals surface area (Å²) >= 11 is 0. The molecule has 0 radical (unpaired) electrons. The molecule has 1 amide bonds. The fourth-order valence-corrected chi connectivity index (χ4v) is 7.85. The van der Waals surface area contributed by atoms with Crippen molar-refractivity contribution in [3.8, 4) is 33.8 Å². The van der Waals surface area contributed by atoms with Gasteiger partial charge in [-0.15, -0.1) is 5.73 Å². The van der Waals surface area contributed by atoms with Crippen LogP contribution in [0.2, 0.25) is 0 Å². The molecule has 2 saturated heterocycles. The lowest BCUT2D eigenvalue weighted by Crippen LogP contribution is -2.44. The monoisotopic (exact) mass is 903 g/mol. The van der Waals surface area contributed by atoms with Gasteiger partial charge in [0, 0.05) is 46.0 Å². The van der Waals surface area contributed by atoms with Crippen LogP contribution in [-0.4, -0.2) is 105 Å². The second kappa shape index (κ2) is 22.0. The molecule has 0 saturated carbocycles. The molecule has 2 aliphatic carbocycles. The molecule has 4 aromatic carbocycles. The van der Waals surface area contributed by atoms with Crippen molar-refractivity contribution in [1.82, 2.24) is 10.2 Å². The number of hydrogen-bond donors (Lipinski definition) is 1. The van der Waals surface area contributed by atoms with E-state index in [1.165, 1.54) is 19.1 Å². The highest BCUT2D eigenvalue weighted by Crippen LogP contribution is 2.40. The van der Waals surface area contributed by atoms with Crippen LogP contribution < -0.4 is 14.8 Å². The molecule has 4 aromatic rings. The Balaban J connectivity index is 0.000000276. The van der Waals surface area contributed by atoms with Gasteiger partial charge < -0.3 is 38.7 Å². The molecule has 4 aliphatic rings. The number of fused-ring (bicyclic) bond motifs is 6. The molecule has 8 rings (SSSR count). The summed E-state index contributed by atoms with van der Waals surface area (Å²) in [5, 5.41) is 12.1. The van der Waals surface area contributed by atoms with E-state index in [0.29, 0.717) is 37.6 Å². The summed E-state index contributed by atoms with van der Waals surface area (Å²) in [4.78, 5) is 49.9. The van der Waals surface area contributed by atoms with Gasteiger partial charge in [0.1, 0.15) is 66.0 Å². The molecule has 66 heavy (non-hydrogen) atoms. The van der Waals surface area contributed by atoms with Crippen molar-refractivity contribution < 1.29 is 52.1 Å². The highest BCUT2D eigenvalue weighted by atomic mass is 16.6. The molecule has 2 aliphatic heterocycles. The molecule has 0 spiro atoms. The fraction of sp³-hybridized carbons (Fsp3) is 0.308. The SMILES string of the molecule is C=C=C.C=CCOc1ccc2c(c1)C(=NO[C@@H]1C[C@@H](C(=O)OC)N(C(=O)OC(C)(C)C)C1)c1ccccc1-2.C=CCOc1ccc2c(c1)C(=NO[C@H]1CN[C@H](C(=O)OC)C1)c1ccccc1-2.[2HH].[2H][2H]. The Morgan fingerprint density at radius 1 is 0.727 bits per heavy atom. The van der Waals surface area contributed by atoms with E-state index in [2.05, 4.69) is 53.7 Å². The van der Waals surface area contributed by atoms with Crippen molar-refractivity contribution in [1.29, 1.82) is 0 Å². The summed E-state index contributed by atoms with van der Waals surface area (Å²) in [7, 11) is 2.68. The van der Waals surface area contributed by atoms with Gasteiger partial charge in [0.25, 0.3) is 0 Å². The molecule has 2 fully saturated rings. The number of benzene rings is 4. The first-order valence-electron chi connectivity index (χ1n) is 22.5. The zero-order valence-electron chi connectivity index (χ0n) is 40.0. The quantitative estimate of drug-likeness (QED) is 0.0412. The number of carbonyl (C=O) groups excluding carboxylic acids is 3. The summed E-state index contributed by atoms with van der Waals surface area (Å²) in [5.41, 5.74) is 11.1. The van der Waals surface area contributed by atoms with Crippen LogP contribution in [0.1, 0.15) is 60.3 Å². The molecule has 14 heteroatoms. The van der Waals surface area contributed by atoms with Gasteiger partial charge in [-0.2, -0.15) is 0 Å². The van der Waals surface area contributed by atoms with E-state index in [0.717, 1.165) is 56.0 Å². The van der Waals surface area contributed by atoms with Gasteiger partial charge in [0.15, 0.2) is 0 Å². The van der Waals surface area contributed by atoms with Gasteiger partial charge >= 0.3 is 18.0 Å². The summed E-state index contributed by atoms with van der Waals surface area (Å²) in [6.45, 7) is 20.5. The van der Waals surface area contributed by atoms with Crippen molar-refractivity contribution in [3.63, 3.8) is 0 Å². The van der Waals surface area contributed by atoms with Gasteiger partial charge in [-0.05, 0) is 79.4 Å². The average Bonchev–Trinajstić information content (AvgIpc) is 4.14. The molecule has 0 bridgehead atoms. The van der Waals surface area contributed by atoms with Crippen LogP contribution in [0, 0.1) is 0 Å². The molecule has 0 unspecified atom stereocenters. The topological polar surface area (TPSA) is 156 Å². The lowest BCUT2D eigenvalue weighted by atomic mass is 10.1. The van der Waals surface area contributed by atoms with Crippen LogP contribution in [0.4, 0.5) is 4.79 Å². The lowest BCUT2D eigenvalue weighted by molar-refractivity contribution is -0.146. The number of esters is 2. The van der Waals surface area contributed by atoms with Crippen LogP contribution in [0.25, 0.3) is 22.3 Å². The highest BCUT2D eigenvalue weighted by Gasteiger charge is 2.44. The zero-order chi connectivity index (χ0) is 49.4. The first-order valence-corrected chi connectivity index (χ1v) is 21.5. The predicted octanol–water partition coefficient (Wildman–Crippen LogP) is 8.91. The largest absolute Gasteiger partial charge is 0.490 e. The van der Waals surface area contributed by atoms with E-state index in [4.69, 9.17) is 36.3 Å². The number of likely N-dealkylation sites (tertiary alicyclic amines) is 1. The third-order valence-electron chi connectivity index (χ3n) is 10.7. The summed E-state index contributed by atoms with van der Waals surface area (Å²) in [5.74, 6) is 0.661. The minimum absolute atomic E-state index is 0. The van der Waals surface area contributed by atoms with Crippen LogP contribution in [0.3, 0.4) is 0 Å². The highest BCUT2D eigenvalue weighted by molar-refractivity contribution is 6.25. The molecular formula is C52H60N4O10. The lowest BCUT2D eigenvalue weighted by Gasteiger charge is -2.27. The molecule has 348 valence electrons. The number of methoxy groups -OCH3 is 2. The Morgan fingerprint density at radius 2 is 1.20 bits per heavy atom. The second-order valence-electron chi connectivity index (χ2n) is 16.4. The van der Waals surface area contributed by atoms with Gasteiger partial charge in [0.2, 0.25) is 0 Å². The van der Waals surface area contributed by atoms with E-state index in [1.807, 2.05) is 78.9 Å². The first-order chi connectivity index (χ1) is 32.8. The smallest absolute Gasteiger partial charge is 0.411 e. The average molecular weight is 904 g/mol. The Hall–Kier alpha value is -7.41. The number of nitrogens with one attached hydrogen (secondary N) is 1. The maximum Gasteiger partial charge on any atom is 0.411 e. The number of oxime groups is 2. The van der Waals surface area contributed by atoms with E-state index < -0.39 is 29.8 Å². The zero-order valence-corrected chi connectivity index (χ0v) is 38.0. The van der Waals surface area contributed by atoms with E-state index >= 15 is 0 Å². The van der Waals surface area contributed by atoms with Crippen molar-refractivity contribution >= 4 is 29.5 Å². The molecule has 1 N–H and O–H groups in total.